The van der Waals surface area contributed by atoms with Crippen molar-refractivity contribution in [2.75, 3.05) is 6.54 Å². The smallest absolute Gasteiger partial charge is 0.0853 e. The molecule has 4 heteroatoms. The number of aromatic nitrogens is 2. The number of rotatable bonds is 6. The minimum absolute atomic E-state index is 0.693. The van der Waals surface area contributed by atoms with Crippen molar-refractivity contribution in [2.24, 2.45) is 5.73 Å². The van der Waals surface area contributed by atoms with E-state index in [1.165, 1.54) is 5.57 Å². The first-order chi connectivity index (χ1) is 8.13. The second kappa shape index (κ2) is 6.82. The fraction of sp³-hybridized carbons (Fsp3) is 0.615. The molecule has 1 aromatic heterocycles. The van der Waals surface area contributed by atoms with Crippen molar-refractivity contribution in [3.63, 3.8) is 0 Å². The largest absolute Gasteiger partial charge is 0.330 e. The van der Waals surface area contributed by atoms with E-state index in [0.29, 0.717) is 6.54 Å². The lowest BCUT2D eigenvalue weighted by atomic mass is 10.1. The SMILES string of the molecule is CCc1nn(CC)c(CC(C)=CCCN)c1Cl. The first-order valence-corrected chi connectivity index (χ1v) is 6.61. The lowest BCUT2D eigenvalue weighted by Crippen LogP contribution is -2.04. The zero-order chi connectivity index (χ0) is 12.8. The van der Waals surface area contributed by atoms with E-state index in [1.54, 1.807) is 0 Å². The third kappa shape index (κ3) is 3.58. The van der Waals surface area contributed by atoms with Crippen molar-refractivity contribution in [3.05, 3.63) is 28.1 Å². The van der Waals surface area contributed by atoms with Crippen LogP contribution in [0.4, 0.5) is 0 Å². The van der Waals surface area contributed by atoms with Crippen LogP contribution in [-0.4, -0.2) is 16.3 Å². The van der Waals surface area contributed by atoms with Gasteiger partial charge in [-0.05, 0) is 33.2 Å². The van der Waals surface area contributed by atoms with Crippen LogP contribution in [0.15, 0.2) is 11.6 Å². The molecule has 17 heavy (non-hydrogen) atoms. The monoisotopic (exact) mass is 255 g/mol. The third-order valence-electron chi connectivity index (χ3n) is 2.80. The molecule has 3 nitrogen and oxygen atoms in total. The Kier molecular flexibility index (Phi) is 5.72. The van der Waals surface area contributed by atoms with Gasteiger partial charge in [0.05, 0.1) is 16.4 Å². The maximum Gasteiger partial charge on any atom is 0.0853 e. The zero-order valence-electron chi connectivity index (χ0n) is 11.0. The topological polar surface area (TPSA) is 43.8 Å². The fourth-order valence-corrected chi connectivity index (χ4v) is 2.19. The van der Waals surface area contributed by atoms with Crippen LogP contribution in [0.1, 0.15) is 38.6 Å². The predicted octanol–water partition coefficient (Wildman–Crippen LogP) is 2.96. The number of aryl methyl sites for hydroxylation is 2. The van der Waals surface area contributed by atoms with Crippen LogP contribution in [0.2, 0.25) is 5.02 Å². The predicted molar refractivity (Wildman–Crippen MR) is 73.4 cm³/mol. The van der Waals surface area contributed by atoms with Crippen LogP contribution in [0.3, 0.4) is 0 Å². The summed E-state index contributed by atoms with van der Waals surface area (Å²) in [5.74, 6) is 0. The summed E-state index contributed by atoms with van der Waals surface area (Å²) in [5.41, 5.74) is 8.91. The van der Waals surface area contributed by atoms with Gasteiger partial charge in [0.25, 0.3) is 0 Å². The van der Waals surface area contributed by atoms with E-state index >= 15 is 0 Å². The van der Waals surface area contributed by atoms with Crippen LogP contribution < -0.4 is 5.73 Å². The van der Waals surface area contributed by atoms with Gasteiger partial charge in [0, 0.05) is 13.0 Å². The number of hydrogen-bond acceptors (Lipinski definition) is 2. The van der Waals surface area contributed by atoms with Gasteiger partial charge in [0.15, 0.2) is 0 Å². The number of halogens is 1. The van der Waals surface area contributed by atoms with Gasteiger partial charge in [-0.1, -0.05) is 30.2 Å². The Bertz CT molecular complexity index is 394. The second-order valence-electron chi connectivity index (χ2n) is 4.18. The molecule has 96 valence electrons. The molecule has 0 saturated heterocycles. The number of allylic oxidation sites excluding steroid dienone is 1. The summed E-state index contributed by atoms with van der Waals surface area (Å²) in [6, 6.07) is 0. The van der Waals surface area contributed by atoms with E-state index in [0.717, 1.165) is 42.2 Å². The summed E-state index contributed by atoms with van der Waals surface area (Å²) in [6.07, 6.45) is 4.84. The zero-order valence-corrected chi connectivity index (χ0v) is 11.7. The van der Waals surface area contributed by atoms with E-state index in [9.17, 15) is 0 Å². The molecule has 0 fully saturated rings. The third-order valence-corrected chi connectivity index (χ3v) is 3.24. The Balaban J connectivity index is 2.92. The van der Waals surface area contributed by atoms with Crippen molar-refractivity contribution in [3.8, 4) is 0 Å². The molecule has 1 rings (SSSR count). The molecule has 0 atom stereocenters. The Morgan fingerprint density at radius 2 is 2.18 bits per heavy atom. The lowest BCUT2D eigenvalue weighted by molar-refractivity contribution is 0.620. The molecular formula is C13H22ClN3. The van der Waals surface area contributed by atoms with Gasteiger partial charge < -0.3 is 5.73 Å². The van der Waals surface area contributed by atoms with Crippen molar-refractivity contribution in [1.82, 2.24) is 9.78 Å². The van der Waals surface area contributed by atoms with E-state index in [-0.39, 0.29) is 0 Å². The number of hydrogen-bond donors (Lipinski definition) is 1. The van der Waals surface area contributed by atoms with Crippen molar-refractivity contribution in [2.45, 2.75) is 46.6 Å². The van der Waals surface area contributed by atoms with E-state index in [2.05, 4.69) is 31.9 Å². The van der Waals surface area contributed by atoms with Gasteiger partial charge in [0.2, 0.25) is 0 Å². The summed E-state index contributed by atoms with van der Waals surface area (Å²) in [7, 11) is 0. The standard InChI is InChI=1S/C13H22ClN3/c1-4-11-13(14)12(17(5-2)16-11)9-10(3)7-6-8-15/h7H,4-6,8-9,15H2,1-3H3. The van der Waals surface area contributed by atoms with Crippen LogP contribution in [0.25, 0.3) is 0 Å². The Labute approximate surface area is 109 Å². The molecule has 0 amide bonds. The van der Waals surface area contributed by atoms with Crippen LogP contribution in [-0.2, 0) is 19.4 Å². The highest BCUT2D eigenvalue weighted by atomic mass is 35.5. The molecule has 0 spiro atoms. The molecule has 0 radical (unpaired) electrons. The lowest BCUT2D eigenvalue weighted by Gasteiger charge is -2.05. The summed E-state index contributed by atoms with van der Waals surface area (Å²) in [5, 5.41) is 5.34. The molecule has 0 aliphatic heterocycles. The summed E-state index contributed by atoms with van der Waals surface area (Å²) in [4.78, 5) is 0. The van der Waals surface area contributed by atoms with Gasteiger partial charge in [-0.2, -0.15) is 5.10 Å². The number of nitrogens with zero attached hydrogens (tertiary/aromatic N) is 2. The molecular weight excluding hydrogens is 234 g/mol. The van der Waals surface area contributed by atoms with Gasteiger partial charge in [-0.25, -0.2) is 0 Å². The second-order valence-corrected chi connectivity index (χ2v) is 4.56. The number of nitrogens with two attached hydrogens (primary N) is 1. The molecule has 0 aromatic carbocycles. The normalized spacial score (nSPS) is 12.2. The fourth-order valence-electron chi connectivity index (χ4n) is 1.85. The average molecular weight is 256 g/mol. The highest BCUT2D eigenvalue weighted by Gasteiger charge is 2.14. The molecule has 1 aromatic rings. The molecule has 0 aliphatic carbocycles. The Morgan fingerprint density at radius 3 is 2.71 bits per heavy atom. The van der Waals surface area contributed by atoms with Gasteiger partial charge in [0.1, 0.15) is 0 Å². The first kappa shape index (κ1) is 14.3. The van der Waals surface area contributed by atoms with Crippen molar-refractivity contribution < 1.29 is 0 Å². The maximum atomic E-state index is 6.35. The van der Waals surface area contributed by atoms with Crippen molar-refractivity contribution >= 4 is 11.6 Å². The summed E-state index contributed by atoms with van der Waals surface area (Å²) >= 11 is 6.35. The average Bonchev–Trinajstić information content (AvgIpc) is 2.63. The van der Waals surface area contributed by atoms with Gasteiger partial charge in [-0.3, -0.25) is 4.68 Å². The summed E-state index contributed by atoms with van der Waals surface area (Å²) < 4.78 is 2.00. The van der Waals surface area contributed by atoms with E-state index in [1.807, 2.05) is 4.68 Å². The van der Waals surface area contributed by atoms with Crippen LogP contribution in [0.5, 0.6) is 0 Å². The van der Waals surface area contributed by atoms with Crippen LogP contribution in [0, 0.1) is 0 Å². The highest BCUT2D eigenvalue weighted by Crippen LogP contribution is 2.24. The molecule has 2 N–H and O–H groups in total. The summed E-state index contributed by atoms with van der Waals surface area (Å²) in [6.45, 7) is 7.84. The molecule has 0 bridgehead atoms. The van der Waals surface area contributed by atoms with E-state index < -0.39 is 0 Å². The Morgan fingerprint density at radius 1 is 1.47 bits per heavy atom. The maximum absolute atomic E-state index is 6.35. The minimum Gasteiger partial charge on any atom is -0.330 e. The van der Waals surface area contributed by atoms with Crippen molar-refractivity contribution in [1.29, 1.82) is 0 Å². The molecule has 0 saturated carbocycles. The molecule has 0 aliphatic rings. The van der Waals surface area contributed by atoms with Gasteiger partial charge >= 0.3 is 0 Å². The van der Waals surface area contributed by atoms with E-state index in [4.69, 9.17) is 17.3 Å². The quantitative estimate of drug-likeness (QED) is 0.795. The Hall–Kier alpha value is -0.800. The molecule has 1 heterocycles. The highest BCUT2D eigenvalue weighted by molar-refractivity contribution is 6.31. The minimum atomic E-state index is 0.693. The van der Waals surface area contributed by atoms with Gasteiger partial charge in [-0.15, -0.1) is 0 Å². The van der Waals surface area contributed by atoms with Crippen LogP contribution >= 0.6 is 11.6 Å². The molecule has 0 unspecified atom stereocenters. The first-order valence-electron chi connectivity index (χ1n) is 6.23.